The van der Waals surface area contributed by atoms with Crippen molar-refractivity contribution in [2.75, 3.05) is 6.54 Å². The number of ketones is 2. The first kappa shape index (κ1) is 24.6. The van der Waals surface area contributed by atoms with Gasteiger partial charge in [0.2, 0.25) is 5.78 Å². The van der Waals surface area contributed by atoms with Crippen LogP contribution in [-0.4, -0.2) is 36.2 Å². The van der Waals surface area contributed by atoms with Crippen molar-refractivity contribution in [2.45, 2.75) is 71.4 Å². The molecule has 2 rings (SSSR count). The molecule has 1 aromatic rings. The zero-order valence-corrected chi connectivity index (χ0v) is 18.5. The second-order valence-corrected chi connectivity index (χ2v) is 8.47. The third-order valence-electron chi connectivity index (χ3n) is 5.56. The predicted octanol–water partition coefficient (Wildman–Crippen LogP) is 3.55. The summed E-state index contributed by atoms with van der Waals surface area (Å²) in [5.74, 6) is -2.24. The van der Waals surface area contributed by atoms with Crippen molar-refractivity contribution < 1.29 is 23.9 Å². The molecule has 0 aliphatic carbocycles. The van der Waals surface area contributed by atoms with Gasteiger partial charge in [0.05, 0.1) is 6.04 Å². The molecule has 2 unspecified atom stereocenters. The van der Waals surface area contributed by atoms with E-state index in [1.165, 1.54) is 0 Å². The molecule has 7 nitrogen and oxygen atoms in total. The number of carbonyl (C=O) groups is 4. The lowest BCUT2D eigenvalue weighted by atomic mass is 9.87. The number of hydrogen-bond donors (Lipinski definition) is 2. The van der Waals surface area contributed by atoms with Gasteiger partial charge in [0.15, 0.2) is 5.78 Å². The number of Topliss-reactive ketones (excluding diaryl/α,β-unsaturated/α-hetero) is 2. The van der Waals surface area contributed by atoms with E-state index in [4.69, 9.17) is 4.74 Å². The summed E-state index contributed by atoms with van der Waals surface area (Å²) in [7, 11) is 0. The minimum absolute atomic E-state index is 0.0614. The van der Waals surface area contributed by atoms with E-state index in [1.54, 1.807) is 0 Å². The van der Waals surface area contributed by atoms with Crippen LogP contribution in [0.25, 0.3) is 0 Å². The average Bonchev–Trinajstić information content (AvgIpc) is 2.79. The molecule has 0 bridgehead atoms. The average molecular weight is 431 g/mol. The molecule has 1 saturated heterocycles. The Bertz CT molecular complexity index is 748. The summed E-state index contributed by atoms with van der Waals surface area (Å²) < 4.78 is 5.23. The largest absolute Gasteiger partial charge is 0.445 e. The molecule has 1 aliphatic heterocycles. The molecule has 0 radical (unpaired) electrons. The minimum atomic E-state index is -0.780. The zero-order valence-electron chi connectivity index (χ0n) is 18.5. The Hall–Kier alpha value is -2.70. The number of ether oxygens (including phenoxy) is 1. The zero-order chi connectivity index (χ0) is 22.6. The molecule has 170 valence electrons. The first-order valence-corrected chi connectivity index (χ1v) is 11.2. The highest BCUT2D eigenvalue weighted by molar-refractivity contribution is 6.37. The lowest BCUT2D eigenvalue weighted by Crippen LogP contribution is -2.46. The first-order valence-electron chi connectivity index (χ1n) is 11.2. The van der Waals surface area contributed by atoms with Crippen molar-refractivity contribution in [2.24, 2.45) is 11.8 Å². The van der Waals surface area contributed by atoms with Gasteiger partial charge in [-0.15, -0.1) is 0 Å². The molecule has 2 atom stereocenters. The maximum Gasteiger partial charge on any atom is 0.408 e. The molecule has 0 aromatic heterocycles. The summed E-state index contributed by atoms with van der Waals surface area (Å²) in [5.41, 5.74) is 0.846. The van der Waals surface area contributed by atoms with Crippen molar-refractivity contribution >= 4 is 23.6 Å². The Kier molecular flexibility index (Phi) is 10.2. The van der Waals surface area contributed by atoms with Gasteiger partial charge in [-0.05, 0) is 24.3 Å². The fraction of sp³-hybridized carbons (Fsp3) is 0.583. The van der Waals surface area contributed by atoms with E-state index < -0.39 is 29.7 Å². The fourth-order valence-electron chi connectivity index (χ4n) is 3.73. The predicted molar refractivity (Wildman–Crippen MR) is 117 cm³/mol. The van der Waals surface area contributed by atoms with Crippen molar-refractivity contribution in [1.82, 2.24) is 10.6 Å². The second kappa shape index (κ2) is 12.9. The smallest absolute Gasteiger partial charge is 0.408 e. The van der Waals surface area contributed by atoms with Crippen molar-refractivity contribution in [3.63, 3.8) is 0 Å². The molecule has 31 heavy (non-hydrogen) atoms. The van der Waals surface area contributed by atoms with Gasteiger partial charge < -0.3 is 15.4 Å². The highest BCUT2D eigenvalue weighted by Crippen LogP contribution is 2.20. The second-order valence-electron chi connectivity index (χ2n) is 8.47. The van der Waals surface area contributed by atoms with Crippen LogP contribution in [0.5, 0.6) is 0 Å². The van der Waals surface area contributed by atoms with E-state index in [-0.39, 0.29) is 24.7 Å². The van der Waals surface area contributed by atoms with Gasteiger partial charge in [0.25, 0.3) is 5.91 Å². The van der Waals surface area contributed by atoms with Gasteiger partial charge >= 0.3 is 6.09 Å². The Labute approximate surface area is 184 Å². The van der Waals surface area contributed by atoms with Crippen LogP contribution in [0.4, 0.5) is 4.79 Å². The summed E-state index contributed by atoms with van der Waals surface area (Å²) in [6.07, 6.45) is 4.46. The third-order valence-corrected chi connectivity index (χ3v) is 5.56. The maximum atomic E-state index is 13.0. The van der Waals surface area contributed by atoms with Crippen LogP contribution < -0.4 is 10.6 Å². The van der Waals surface area contributed by atoms with Gasteiger partial charge in [-0.3, -0.25) is 14.4 Å². The minimum Gasteiger partial charge on any atom is -0.445 e. The lowest BCUT2D eigenvalue weighted by Gasteiger charge is -2.23. The Morgan fingerprint density at radius 3 is 2.45 bits per heavy atom. The Morgan fingerprint density at radius 1 is 1.06 bits per heavy atom. The van der Waals surface area contributed by atoms with Crippen molar-refractivity contribution in [3.8, 4) is 0 Å². The van der Waals surface area contributed by atoms with Crippen LogP contribution in [0.2, 0.25) is 0 Å². The molecule has 0 saturated carbocycles. The van der Waals surface area contributed by atoms with Gasteiger partial charge in [0.1, 0.15) is 6.61 Å². The van der Waals surface area contributed by atoms with Crippen LogP contribution in [0.15, 0.2) is 30.3 Å². The lowest BCUT2D eigenvalue weighted by molar-refractivity contribution is -0.141. The van der Waals surface area contributed by atoms with Crippen molar-refractivity contribution in [3.05, 3.63) is 35.9 Å². The number of rotatable bonds is 7. The molecule has 7 heteroatoms. The normalized spacial score (nSPS) is 19.1. The molecular formula is C24H34N2O5. The van der Waals surface area contributed by atoms with Crippen LogP contribution in [0, 0.1) is 11.8 Å². The number of hydrogen-bond acceptors (Lipinski definition) is 5. The number of alkyl carbamates (subject to hydrolysis) is 1. The van der Waals surface area contributed by atoms with Gasteiger partial charge in [-0.1, -0.05) is 69.9 Å². The van der Waals surface area contributed by atoms with E-state index in [0.29, 0.717) is 13.0 Å². The monoisotopic (exact) mass is 430 g/mol. The van der Waals surface area contributed by atoms with Gasteiger partial charge in [-0.2, -0.15) is 0 Å². The number of nitrogens with one attached hydrogen (secondary N) is 2. The molecule has 1 aliphatic rings. The summed E-state index contributed by atoms with van der Waals surface area (Å²) in [6, 6.07) is 8.49. The summed E-state index contributed by atoms with van der Waals surface area (Å²) in [5, 5.41) is 5.30. The Balaban J connectivity index is 1.97. The molecule has 1 heterocycles. The van der Waals surface area contributed by atoms with Crippen molar-refractivity contribution in [1.29, 1.82) is 0 Å². The molecule has 1 aromatic carbocycles. The fourth-order valence-corrected chi connectivity index (χ4v) is 3.73. The van der Waals surface area contributed by atoms with Crippen LogP contribution in [0.3, 0.4) is 0 Å². The van der Waals surface area contributed by atoms with Crippen LogP contribution in [-0.2, 0) is 25.7 Å². The van der Waals surface area contributed by atoms with Gasteiger partial charge in [0, 0.05) is 18.9 Å². The highest BCUT2D eigenvalue weighted by Gasteiger charge is 2.32. The van der Waals surface area contributed by atoms with E-state index in [9.17, 15) is 19.2 Å². The van der Waals surface area contributed by atoms with E-state index in [2.05, 4.69) is 10.6 Å². The SMILES string of the molecule is CC(C)C(NC(=O)OCc1ccccc1)C(=O)CC1CCCCCCCNC(=O)C1=O. The number of benzene rings is 1. The van der Waals surface area contributed by atoms with E-state index in [0.717, 1.165) is 37.7 Å². The topological polar surface area (TPSA) is 102 Å². The molecule has 2 N–H and O–H groups in total. The first-order chi connectivity index (χ1) is 14.9. The third kappa shape index (κ3) is 8.52. The number of carbonyl (C=O) groups excluding carboxylic acids is 4. The summed E-state index contributed by atoms with van der Waals surface area (Å²) in [4.78, 5) is 50.0. The maximum absolute atomic E-state index is 13.0. The molecule has 2 amide bonds. The van der Waals surface area contributed by atoms with Crippen LogP contribution >= 0.6 is 0 Å². The quantitative estimate of drug-likeness (QED) is 0.644. The standard InChI is InChI=1S/C24H34N2O5/c1-17(2)21(26-24(30)31-16-18-11-7-6-8-12-18)20(27)15-19-13-9-4-3-5-10-14-25-23(29)22(19)28/h6-8,11-12,17,19,21H,3-5,9-10,13-16H2,1-2H3,(H,25,29)(H,26,30). The Morgan fingerprint density at radius 2 is 1.74 bits per heavy atom. The highest BCUT2D eigenvalue weighted by atomic mass is 16.5. The number of amides is 2. The van der Waals surface area contributed by atoms with E-state index >= 15 is 0 Å². The van der Waals surface area contributed by atoms with Crippen LogP contribution in [0.1, 0.15) is 64.4 Å². The molecular weight excluding hydrogens is 396 g/mol. The van der Waals surface area contributed by atoms with Gasteiger partial charge in [-0.25, -0.2) is 4.79 Å². The van der Waals surface area contributed by atoms with E-state index in [1.807, 2.05) is 44.2 Å². The molecule has 0 spiro atoms. The summed E-state index contributed by atoms with van der Waals surface area (Å²) >= 11 is 0. The summed E-state index contributed by atoms with van der Waals surface area (Å²) in [6.45, 7) is 4.24. The molecule has 1 fully saturated rings.